The molecule has 1 atom stereocenters. The van der Waals surface area contributed by atoms with Gasteiger partial charge in [0.25, 0.3) is 0 Å². The topological polar surface area (TPSA) is 72.6 Å². The van der Waals surface area contributed by atoms with Crippen LogP contribution in [0.1, 0.15) is 25.8 Å². The van der Waals surface area contributed by atoms with Gasteiger partial charge in [0.1, 0.15) is 12.4 Å². The van der Waals surface area contributed by atoms with Crippen molar-refractivity contribution in [2.75, 3.05) is 13.1 Å². The molecule has 0 radical (unpaired) electrons. The molecule has 2 N–H and O–H groups in total. The summed E-state index contributed by atoms with van der Waals surface area (Å²) < 4.78 is 33.1. The Labute approximate surface area is 155 Å². The summed E-state index contributed by atoms with van der Waals surface area (Å²) >= 11 is 0. The van der Waals surface area contributed by atoms with Crippen LogP contribution < -0.4 is 10.5 Å². The molecule has 5 nitrogen and oxygen atoms in total. The third-order valence-corrected chi connectivity index (χ3v) is 6.85. The standard InChI is InChI=1S/C20H26N2O3S/c1-20(2)15-22(13-12-19(20)21)26(23,24)18-10-8-17(9-11-18)25-14-16-6-4-3-5-7-16/h3-11,19H,12-15,21H2,1-2H3. The van der Waals surface area contributed by atoms with E-state index in [2.05, 4.69) is 0 Å². The first-order chi connectivity index (χ1) is 12.3. The third-order valence-electron chi connectivity index (χ3n) is 4.99. The highest BCUT2D eigenvalue weighted by atomic mass is 32.2. The van der Waals surface area contributed by atoms with Gasteiger partial charge in [-0.15, -0.1) is 0 Å². The van der Waals surface area contributed by atoms with Crippen molar-refractivity contribution in [3.05, 3.63) is 60.2 Å². The van der Waals surface area contributed by atoms with Gasteiger partial charge in [0.15, 0.2) is 0 Å². The van der Waals surface area contributed by atoms with Crippen LogP contribution >= 0.6 is 0 Å². The molecule has 140 valence electrons. The summed E-state index contributed by atoms with van der Waals surface area (Å²) in [6.45, 7) is 5.37. The van der Waals surface area contributed by atoms with Gasteiger partial charge in [0.05, 0.1) is 4.90 Å². The van der Waals surface area contributed by atoms with E-state index < -0.39 is 10.0 Å². The Balaban J connectivity index is 1.69. The molecule has 0 saturated carbocycles. The Kier molecular flexibility index (Phi) is 5.37. The lowest BCUT2D eigenvalue weighted by molar-refractivity contribution is 0.155. The molecule has 1 unspecified atom stereocenters. The van der Waals surface area contributed by atoms with E-state index in [4.69, 9.17) is 10.5 Å². The summed E-state index contributed by atoms with van der Waals surface area (Å²) in [5.41, 5.74) is 6.95. The number of nitrogens with two attached hydrogens (primary N) is 1. The average Bonchev–Trinajstić information content (AvgIpc) is 2.63. The lowest BCUT2D eigenvalue weighted by atomic mass is 9.81. The molecule has 2 aromatic carbocycles. The summed E-state index contributed by atoms with van der Waals surface area (Å²) in [5.74, 6) is 0.647. The van der Waals surface area contributed by atoms with Crippen LogP contribution in [-0.2, 0) is 16.6 Å². The number of ether oxygens (including phenoxy) is 1. The van der Waals surface area contributed by atoms with Gasteiger partial charge in [0, 0.05) is 19.1 Å². The van der Waals surface area contributed by atoms with Crippen molar-refractivity contribution < 1.29 is 13.2 Å². The summed E-state index contributed by atoms with van der Waals surface area (Å²) in [6, 6.07) is 16.5. The van der Waals surface area contributed by atoms with Crippen molar-refractivity contribution in [1.29, 1.82) is 0 Å². The average molecular weight is 375 g/mol. The van der Waals surface area contributed by atoms with Gasteiger partial charge in [0.2, 0.25) is 10.0 Å². The Morgan fingerprint density at radius 1 is 1.12 bits per heavy atom. The van der Waals surface area contributed by atoms with Gasteiger partial charge < -0.3 is 10.5 Å². The van der Waals surface area contributed by atoms with E-state index in [-0.39, 0.29) is 16.4 Å². The predicted octanol–water partition coefficient (Wildman–Crippen LogP) is 3.01. The van der Waals surface area contributed by atoms with Crippen molar-refractivity contribution in [2.24, 2.45) is 11.1 Å². The van der Waals surface area contributed by atoms with Crippen LogP contribution in [-0.4, -0.2) is 31.9 Å². The molecule has 2 aromatic rings. The summed E-state index contributed by atoms with van der Waals surface area (Å²) in [7, 11) is -3.52. The van der Waals surface area contributed by atoms with E-state index in [1.54, 1.807) is 24.3 Å². The Morgan fingerprint density at radius 3 is 2.38 bits per heavy atom. The van der Waals surface area contributed by atoms with E-state index in [9.17, 15) is 8.42 Å². The molecule has 1 saturated heterocycles. The number of rotatable bonds is 5. The first kappa shape index (κ1) is 18.9. The maximum Gasteiger partial charge on any atom is 0.243 e. The quantitative estimate of drug-likeness (QED) is 0.873. The van der Waals surface area contributed by atoms with Crippen molar-refractivity contribution in [3.8, 4) is 5.75 Å². The number of hydrogen-bond acceptors (Lipinski definition) is 4. The Hall–Kier alpha value is -1.89. The largest absolute Gasteiger partial charge is 0.489 e. The fraction of sp³-hybridized carbons (Fsp3) is 0.400. The van der Waals surface area contributed by atoms with Crippen molar-refractivity contribution >= 4 is 10.0 Å². The first-order valence-corrected chi connectivity index (χ1v) is 10.3. The lowest BCUT2D eigenvalue weighted by Crippen LogP contribution is -2.53. The zero-order chi connectivity index (χ0) is 18.8. The second-order valence-electron chi connectivity index (χ2n) is 7.47. The van der Waals surface area contributed by atoms with Crippen LogP contribution in [0.4, 0.5) is 0 Å². The second kappa shape index (κ2) is 7.39. The van der Waals surface area contributed by atoms with Crippen LogP contribution in [0.25, 0.3) is 0 Å². The van der Waals surface area contributed by atoms with Crippen LogP contribution in [0.15, 0.2) is 59.5 Å². The number of nitrogens with zero attached hydrogens (tertiary/aromatic N) is 1. The molecule has 0 spiro atoms. The molecular weight excluding hydrogens is 348 g/mol. The highest BCUT2D eigenvalue weighted by Gasteiger charge is 2.38. The fourth-order valence-electron chi connectivity index (χ4n) is 3.13. The molecule has 0 aliphatic carbocycles. The summed E-state index contributed by atoms with van der Waals surface area (Å²) in [6.07, 6.45) is 0.671. The van der Waals surface area contributed by atoms with E-state index in [1.807, 2.05) is 44.2 Å². The minimum absolute atomic E-state index is 0.0164. The normalized spacial score (nSPS) is 20.7. The van der Waals surface area contributed by atoms with Crippen LogP contribution in [0.2, 0.25) is 0 Å². The molecule has 26 heavy (non-hydrogen) atoms. The maximum atomic E-state index is 12.9. The van der Waals surface area contributed by atoms with Gasteiger partial charge >= 0.3 is 0 Å². The fourth-order valence-corrected chi connectivity index (χ4v) is 4.75. The van der Waals surface area contributed by atoms with Gasteiger partial charge in [-0.2, -0.15) is 4.31 Å². The number of sulfonamides is 1. The minimum atomic E-state index is -3.52. The third kappa shape index (κ3) is 4.09. The first-order valence-electron chi connectivity index (χ1n) is 8.81. The second-order valence-corrected chi connectivity index (χ2v) is 9.41. The molecule has 1 heterocycles. The van der Waals surface area contributed by atoms with E-state index in [1.165, 1.54) is 4.31 Å². The zero-order valence-corrected chi connectivity index (χ0v) is 16.1. The van der Waals surface area contributed by atoms with Gasteiger partial charge in [-0.05, 0) is 41.7 Å². The smallest absolute Gasteiger partial charge is 0.243 e. The van der Waals surface area contributed by atoms with Crippen molar-refractivity contribution in [2.45, 2.75) is 37.8 Å². The van der Waals surface area contributed by atoms with Gasteiger partial charge in [-0.3, -0.25) is 0 Å². The van der Waals surface area contributed by atoms with Crippen LogP contribution in [0.3, 0.4) is 0 Å². The molecule has 6 heteroatoms. The van der Waals surface area contributed by atoms with Crippen LogP contribution in [0.5, 0.6) is 5.75 Å². The molecule has 0 bridgehead atoms. The Morgan fingerprint density at radius 2 is 1.77 bits per heavy atom. The van der Waals surface area contributed by atoms with Gasteiger partial charge in [-0.1, -0.05) is 44.2 Å². The van der Waals surface area contributed by atoms with Gasteiger partial charge in [-0.25, -0.2) is 8.42 Å². The molecule has 0 aromatic heterocycles. The molecule has 1 fully saturated rings. The number of piperidine rings is 1. The van der Waals surface area contributed by atoms with E-state index >= 15 is 0 Å². The summed E-state index contributed by atoms with van der Waals surface area (Å²) in [4.78, 5) is 0.288. The molecule has 1 aliphatic rings. The Bertz CT molecular complexity index is 833. The zero-order valence-electron chi connectivity index (χ0n) is 15.3. The monoisotopic (exact) mass is 374 g/mol. The molecular formula is C20H26N2O3S. The predicted molar refractivity (Wildman–Crippen MR) is 102 cm³/mol. The SMILES string of the molecule is CC1(C)CN(S(=O)(=O)c2ccc(OCc3ccccc3)cc2)CCC1N. The van der Waals surface area contributed by atoms with Crippen LogP contribution in [0, 0.1) is 5.41 Å². The molecule has 0 amide bonds. The molecule has 3 rings (SSSR count). The highest BCUT2D eigenvalue weighted by Crippen LogP contribution is 2.31. The highest BCUT2D eigenvalue weighted by molar-refractivity contribution is 7.89. The number of benzene rings is 2. The molecule has 1 aliphatic heterocycles. The van der Waals surface area contributed by atoms with Crippen molar-refractivity contribution in [1.82, 2.24) is 4.31 Å². The minimum Gasteiger partial charge on any atom is -0.489 e. The van der Waals surface area contributed by atoms with E-state index in [0.29, 0.717) is 31.9 Å². The van der Waals surface area contributed by atoms with E-state index in [0.717, 1.165) is 5.56 Å². The van der Waals surface area contributed by atoms with Crippen molar-refractivity contribution in [3.63, 3.8) is 0 Å². The number of hydrogen-bond donors (Lipinski definition) is 1. The lowest BCUT2D eigenvalue weighted by Gasteiger charge is -2.41. The summed E-state index contributed by atoms with van der Waals surface area (Å²) in [5, 5.41) is 0. The maximum absolute atomic E-state index is 12.9.